The van der Waals surface area contributed by atoms with Gasteiger partial charge < -0.3 is 4.74 Å². The summed E-state index contributed by atoms with van der Waals surface area (Å²) in [4.78, 5) is 2.12. The molecule has 0 atom stereocenters. The third kappa shape index (κ3) is 4.05. The fraction of sp³-hybridized carbons (Fsp3) is 0.385. The molecule has 0 fully saturated rings. The van der Waals surface area contributed by atoms with Crippen LogP contribution >= 0.6 is 0 Å². The maximum absolute atomic E-state index is 5.23. The summed E-state index contributed by atoms with van der Waals surface area (Å²) in [5.74, 6) is 3.54. The lowest BCUT2D eigenvalue weighted by Crippen LogP contribution is -2.21. The number of rotatable bonds is 5. The summed E-state index contributed by atoms with van der Waals surface area (Å²) in [5.41, 5.74) is 1.28. The van der Waals surface area contributed by atoms with Gasteiger partial charge in [-0.2, -0.15) is 0 Å². The number of nitrogens with zero attached hydrogens (tertiary/aromatic N) is 1. The number of methoxy groups -OCH3 is 1. The highest BCUT2D eigenvalue weighted by Gasteiger charge is 1.98. The van der Waals surface area contributed by atoms with E-state index in [9.17, 15) is 0 Å². The van der Waals surface area contributed by atoms with Gasteiger partial charge in [-0.25, -0.2) is 0 Å². The first-order valence-electron chi connectivity index (χ1n) is 5.01. The summed E-state index contributed by atoms with van der Waals surface area (Å²) in [6.07, 6.45) is 6.23. The summed E-state index contributed by atoms with van der Waals surface area (Å²) in [7, 11) is 3.71. The van der Waals surface area contributed by atoms with Crippen molar-refractivity contribution in [1.29, 1.82) is 0 Å². The average Bonchev–Trinajstić information content (AvgIpc) is 2.27. The first-order valence-corrected chi connectivity index (χ1v) is 5.01. The monoisotopic (exact) mass is 203 g/mol. The molecule has 80 valence electrons. The van der Waals surface area contributed by atoms with Gasteiger partial charge in [0.2, 0.25) is 0 Å². The maximum Gasteiger partial charge on any atom is 0.119 e. The molecule has 0 heterocycles. The highest BCUT2D eigenvalue weighted by molar-refractivity contribution is 5.28. The summed E-state index contributed by atoms with van der Waals surface area (Å²) in [6, 6.07) is 8.12. The lowest BCUT2D eigenvalue weighted by molar-refractivity contribution is 0.380. The maximum atomic E-state index is 5.23. The van der Waals surface area contributed by atoms with Crippen LogP contribution in [0.2, 0.25) is 0 Å². The Bertz CT molecular complexity index is 341. The molecule has 0 saturated heterocycles. The van der Waals surface area contributed by atoms with Gasteiger partial charge in [-0.3, -0.25) is 4.90 Å². The van der Waals surface area contributed by atoms with Gasteiger partial charge in [0.1, 0.15) is 5.75 Å². The second-order valence-corrected chi connectivity index (χ2v) is 3.54. The highest BCUT2D eigenvalue weighted by Crippen LogP contribution is 2.12. The van der Waals surface area contributed by atoms with Crippen molar-refractivity contribution in [3.8, 4) is 18.1 Å². The number of hydrogen-bond acceptors (Lipinski definition) is 2. The van der Waals surface area contributed by atoms with E-state index in [0.717, 1.165) is 18.7 Å². The second-order valence-electron chi connectivity index (χ2n) is 3.54. The Labute approximate surface area is 91.9 Å². The fourth-order valence-corrected chi connectivity index (χ4v) is 1.38. The molecular formula is C13H17NO. The molecule has 0 radical (unpaired) electrons. The van der Waals surface area contributed by atoms with Crippen molar-refractivity contribution in [3.05, 3.63) is 29.8 Å². The van der Waals surface area contributed by atoms with Crippen LogP contribution in [0.25, 0.3) is 0 Å². The third-order valence-corrected chi connectivity index (χ3v) is 2.28. The molecule has 0 bridgehead atoms. The molecule has 0 spiro atoms. The Morgan fingerprint density at radius 3 is 2.93 bits per heavy atom. The van der Waals surface area contributed by atoms with Crippen molar-refractivity contribution >= 4 is 0 Å². The van der Waals surface area contributed by atoms with E-state index in [1.54, 1.807) is 7.11 Å². The van der Waals surface area contributed by atoms with Gasteiger partial charge in [0.15, 0.2) is 0 Å². The van der Waals surface area contributed by atoms with Crippen molar-refractivity contribution in [3.63, 3.8) is 0 Å². The van der Waals surface area contributed by atoms with E-state index >= 15 is 0 Å². The van der Waals surface area contributed by atoms with Gasteiger partial charge in [-0.1, -0.05) is 18.1 Å². The van der Waals surface area contributed by atoms with Crippen LogP contribution in [0.4, 0.5) is 0 Å². The van der Waals surface area contributed by atoms with E-state index < -0.39 is 0 Å². The van der Waals surface area contributed by atoms with Crippen LogP contribution in [-0.4, -0.2) is 32.1 Å². The number of likely N-dealkylation sites (N-methyl/N-ethyl adjacent to an activating group) is 1. The Kier molecular flexibility index (Phi) is 4.73. The zero-order chi connectivity index (χ0) is 11.1. The number of hydrogen-bond donors (Lipinski definition) is 0. The molecule has 0 aliphatic carbocycles. The first-order chi connectivity index (χ1) is 7.26. The minimum Gasteiger partial charge on any atom is -0.497 e. The van der Waals surface area contributed by atoms with Crippen molar-refractivity contribution in [2.24, 2.45) is 0 Å². The molecule has 2 nitrogen and oxygen atoms in total. The number of benzene rings is 1. The molecule has 0 aliphatic rings. The molecule has 15 heavy (non-hydrogen) atoms. The van der Waals surface area contributed by atoms with Crippen LogP contribution in [0.5, 0.6) is 5.75 Å². The van der Waals surface area contributed by atoms with Crippen LogP contribution < -0.4 is 4.74 Å². The number of terminal acetylenes is 1. The van der Waals surface area contributed by atoms with Gasteiger partial charge in [-0.05, 0) is 31.2 Å². The summed E-state index contributed by atoms with van der Waals surface area (Å²) >= 11 is 0. The Hall–Kier alpha value is -1.46. The van der Waals surface area contributed by atoms with Crippen LogP contribution in [0.3, 0.4) is 0 Å². The Morgan fingerprint density at radius 2 is 2.27 bits per heavy atom. The molecule has 0 amide bonds. The van der Waals surface area contributed by atoms with E-state index in [1.165, 1.54) is 5.56 Å². The molecule has 1 rings (SSSR count). The quantitative estimate of drug-likeness (QED) is 0.677. The second kappa shape index (κ2) is 6.10. The van der Waals surface area contributed by atoms with Crippen molar-refractivity contribution in [2.45, 2.75) is 6.42 Å². The van der Waals surface area contributed by atoms with Crippen LogP contribution in [0.15, 0.2) is 24.3 Å². The smallest absolute Gasteiger partial charge is 0.119 e. The molecule has 1 aromatic carbocycles. The van der Waals surface area contributed by atoms with Crippen molar-refractivity contribution < 1.29 is 4.74 Å². The predicted molar refractivity (Wildman–Crippen MR) is 63.0 cm³/mol. The van der Waals surface area contributed by atoms with Gasteiger partial charge in [0, 0.05) is 6.54 Å². The summed E-state index contributed by atoms with van der Waals surface area (Å²) in [5, 5.41) is 0. The zero-order valence-electron chi connectivity index (χ0n) is 9.36. The number of ether oxygens (including phenoxy) is 1. The standard InChI is InChI=1S/C13H17NO/c1-4-9-14(2)10-8-12-6-5-7-13(11-12)15-3/h1,5-7,11H,8-10H2,2-3H3. The summed E-state index contributed by atoms with van der Waals surface area (Å²) in [6.45, 7) is 1.67. The van der Waals surface area contributed by atoms with E-state index in [-0.39, 0.29) is 0 Å². The van der Waals surface area contributed by atoms with Gasteiger partial charge in [0.05, 0.1) is 13.7 Å². The molecule has 0 saturated carbocycles. The van der Waals surface area contributed by atoms with Crippen molar-refractivity contribution in [2.75, 3.05) is 27.2 Å². The van der Waals surface area contributed by atoms with Crippen LogP contribution in [0.1, 0.15) is 5.56 Å². The Balaban J connectivity index is 2.47. The fourth-order valence-electron chi connectivity index (χ4n) is 1.38. The molecule has 0 unspecified atom stereocenters. The first kappa shape index (κ1) is 11.6. The van der Waals surface area contributed by atoms with E-state index in [1.807, 2.05) is 19.2 Å². The molecule has 1 aromatic rings. The third-order valence-electron chi connectivity index (χ3n) is 2.28. The molecule has 0 N–H and O–H groups in total. The van der Waals surface area contributed by atoms with Crippen LogP contribution in [0, 0.1) is 12.3 Å². The minimum atomic E-state index is 0.698. The SMILES string of the molecule is C#CCN(C)CCc1cccc(OC)c1. The molecular weight excluding hydrogens is 186 g/mol. The van der Waals surface area contributed by atoms with Gasteiger partial charge in [-0.15, -0.1) is 6.42 Å². The summed E-state index contributed by atoms with van der Waals surface area (Å²) < 4.78 is 5.16. The minimum absolute atomic E-state index is 0.698. The largest absolute Gasteiger partial charge is 0.497 e. The highest BCUT2D eigenvalue weighted by atomic mass is 16.5. The molecule has 0 aliphatic heterocycles. The van der Waals surface area contributed by atoms with Gasteiger partial charge >= 0.3 is 0 Å². The van der Waals surface area contributed by atoms with E-state index in [2.05, 4.69) is 23.0 Å². The zero-order valence-corrected chi connectivity index (χ0v) is 9.36. The Morgan fingerprint density at radius 1 is 1.47 bits per heavy atom. The molecule has 0 aromatic heterocycles. The van der Waals surface area contributed by atoms with Crippen LogP contribution in [-0.2, 0) is 6.42 Å². The average molecular weight is 203 g/mol. The van der Waals surface area contributed by atoms with Gasteiger partial charge in [0.25, 0.3) is 0 Å². The molecule has 2 heteroatoms. The van der Waals surface area contributed by atoms with E-state index in [0.29, 0.717) is 6.54 Å². The lowest BCUT2D eigenvalue weighted by atomic mass is 10.1. The lowest BCUT2D eigenvalue weighted by Gasteiger charge is -2.13. The van der Waals surface area contributed by atoms with Crippen molar-refractivity contribution in [1.82, 2.24) is 4.90 Å². The predicted octanol–water partition coefficient (Wildman–Crippen LogP) is 1.80. The normalized spacial score (nSPS) is 10.0. The van der Waals surface area contributed by atoms with E-state index in [4.69, 9.17) is 11.2 Å². The topological polar surface area (TPSA) is 12.5 Å².